The Morgan fingerprint density at radius 3 is 2.42 bits per heavy atom. The average molecular weight is 328 g/mol. The molecule has 0 atom stereocenters. The van der Waals surface area contributed by atoms with Crippen LogP contribution in [-0.2, 0) is 16.1 Å². The lowest BCUT2D eigenvalue weighted by Gasteiger charge is -2.56. The molecule has 1 aromatic rings. The van der Waals surface area contributed by atoms with Crippen LogP contribution in [0.25, 0.3) is 0 Å². The van der Waals surface area contributed by atoms with Crippen LogP contribution in [0.15, 0.2) is 18.2 Å². The molecule has 0 amide bonds. The molecule has 4 nitrogen and oxygen atoms in total. The van der Waals surface area contributed by atoms with E-state index in [1.807, 2.05) is 18.2 Å². The van der Waals surface area contributed by atoms with Crippen molar-refractivity contribution in [2.24, 2.45) is 23.2 Å². The van der Waals surface area contributed by atoms with E-state index in [0.717, 1.165) is 34.8 Å². The molecule has 4 fully saturated rings. The molecule has 0 radical (unpaired) electrons. The number of rotatable bonds is 4. The quantitative estimate of drug-likeness (QED) is 0.782. The van der Waals surface area contributed by atoms with Gasteiger partial charge in [0.25, 0.3) is 0 Å². The number of carbonyl (C=O) groups excluding carboxylic acids is 1. The second kappa shape index (κ2) is 5.40. The van der Waals surface area contributed by atoms with Gasteiger partial charge in [-0.05, 0) is 79.4 Å². The van der Waals surface area contributed by atoms with Crippen LogP contribution in [0.5, 0.6) is 11.5 Å². The van der Waals surface area contributed by atoms with Gasteiger partial charge in [-0.15, -0.1) is 0 Å². The molecule has 1 aromatic carbocycles. The third-order valence-electron chi connectivity index (χ3n) is 6.52. The Morgan fingerprint density at radius 2 is 1.71 bits per heavy atom. The number of hydrogen-bond donors (Lipinski definition) is 0. The van der Waals surface area contributed by atoms with E-state index >= 15 is 0 Å². The van der Waals surface area contributed by atoms with Gasteiger partial charge in [0.05, 0.1) is 6.42 Å². The van der Waals surface area contributed by atoms with Crippen molar-refractivity contribution in [3.8, 4) is 11.5 Å². The maximum absolute atomic E-state index is 12.5. The van der Waals surface area contributed by atoms with Gasteiger partial charge < -0.3 is 14.2 Å². The van der Waals surface area contributed by atoms with Gasteiger partial charge in [0.1, 0.15) is 6.61 Å². The van der Waals surface area contributed by atoms with E-state index in [0.29, 0.717) is 13.0 Å². The van der Waals surface area contributed by atoms with Crippen LogP contribution in [0.1, 0.15) is 50.5 Å². The molecule has 5 aliphatic rings. The van der Waals surface area contributed by atoms with Crippen LogP contribution in [0.3, 0.4) is 0 Å². The number of ether oxygens (including phenoxy) is 3. The Labute approximate surface area is 142 Å². The number of benzene rings is 1. The van der Waals surface area contributed by atoms with E-state index in [-0.39, 0.29) is 18.2 Å². The van der Waals surface area contributed by atoms with Crippen LogP contribution < -0.4 is 9.47 Å². The van der Waals surface area contributed by atoms with Crippen molar-refractivity contribution in [3.63, 3.8) is 0 Å². The minimum atomic E-state index is -0.0328. The fourth-order valence-electron chi connectivity index (χ4n) is 6.06. The van der Waals surface area contributed by atoms with E-state index in [9.17, 15) is 4.79 Å². The SMILES string of the molecule is O=C(CC12CC3CC(CC(C3)C1)C2)OCc1ccc2c(c1)OCO2. The number of carbonyl (C=O) groups is 1. The van der Waals surface area contributed by atoms with Crippen LogP contribution in [-0.4, -0.2) is 12.8 Å². The van der Waals surface area contributed by atoms with E-state index in [4.69, 9.17) is 14.2 Å². The summed E-state index contributed by atoms with van der Waals surface area (Å²) in [4.78, 5) is 12.5. The zero-order valence-electron chi connectivity index (χ0n) is 14.0. The molecule has 0 aromatic heterocycles. The monoisotopic (exact) mass is 328 g/mol. The third kappa shape index (κ3) is 2.56. The molecule has 0 spiro atoms. The molecule has 24 heavy (non-hydrogen) atoms. The highest BCUT2D eigenvalue weighted by molar-refractivity contribution is 5.70. The molecular weight excluding hydrogens is 304 g/mol. The second-order valence-corrected chi connectivity index (χ2v) is 8.44. The lowest BCUT2D eigenvalue weighted by Crippen LogP contribution is -2.47. The normalized spacial score (nSPS) is 35.2. The van der Waals surface area contributed by atoms with Crippen molar-refractivity contribution in [3.05, 3.63) is 23.8 Å². The topological polar surface area (TPSA) is 44.8 Å². The fraction of sp³-hybridized carbons (Fsp3) is 0.650. The van der Waals surface area contributed by atoms with Crippen molar-refractivity contribution < 1.29 is 19.0 Å². The van der Waals surface area contributed by atoms with Crippen molar-refractivity contribution in [2.45, 2.75) is 51.6 Å². The van der Waals surface area contributed by atoms with Gasteiger partial charge in [0.15, 0.2) is 11.5 Å². The van der Waals surface area contributed by atoms with E-state index < -0.39 is 0 Å². The third-order valence-corrected chi connectivity index (χ3v) is 6.52. The van der Waals surface area contributed by atoms with Crippen molar-refractivity contribution in [1.29, 1.82) is 0 Å². The highest BCUT2D eigenvalue weighted by Gasteiger charge is 2.51. The van der Waals surface area contributed by atoms with Gasteiger partial charge in [-0.2, -0.15) is 0 Å². The summed E-state index contributed by atoms with van der Waals surface area (Å²) in [5.74, 6) is 4.09. The molecule has 0 saturated heterocycles. The predicted molar refractivity (Wildman–Crippen MR) is 87.6 cm³/mol. The molecule has 4 bridgehead atoms. The molecule has 1 heterocycles. The predicted octanol–water partition coefficient (Wildman–Crippen LogP) is 4.07. The highest BCUT2D eigenvalue weighted by Crippen LogP contribution is 2.61. The molecule has 0 N–H and O–H groups in total. The van der Waals surface area contributed by atoms with Gasteiger partial charge in [-0.25, -0.2) is 0 Å². The molecule has 4 aliphatic carbocycles. The first-order valence-corrected chi connectivity index (χ1v) is 9.22. The van der Waals surface area contributed by atoms with Crippen LogP contribution >= 0.6 is 0 Å². The van der Waals surface area contributed by atoms with E-state index in [1.54, 1.807) is 0 Å². The number of hydrogen-bond acceptors (Lipinski definition) is 4. The summed E-state index contributed by atoms with van der Waals surface area (Å²) < 4.78 is 16.3. The van der Waals surface area contributed by atoms with Gasteiger partial charge >= 0.3 is 5.97 Å². The summed E-state index contributed by atoms with van der Waals surface area (Å²) in [6.07, 6.45) is 8.58. The van der Waals surface area contributed by atoms with Crippen molar-refractivity contribution >= 4 is 5.97 Å². The summed E-state index contributed by atoms with van der Waals surface area (Å²) in [6, 6.07) is 5.72. The average Bonchev–Trinajstić information content (AvgIpc) is 2.98. The molecule has 0 unspecified atom stereocenters. The van der Waals surface area contributed by atoms with Gasteiger partial charge in [0.2, 0.25) is 6.79 Å². The largest absolute Gasteiger partial charge is 0.461 e. The summed E-state index contributed by atoms with van der Waals surface area (Å²) in [6.45, 7) is 0.590. The number of esters is 1. The Bertz CT molecular complexity index is 630. The smallest absolute Gasteiger partial charge is 0.306 e. The zero-order valence-corrected chi connectivity index (χ0v) is 14.0. The molecule has 4 saturated carbocycles. The van der Waals surface area contributed by atoms with Crippen LogP contribution in [0.4, 0.5) is 0 Å². The Kier molecular flexibility index (Phi) is 3.29. The summed E-state index contributed by atoms with van der Waals surface area (Å²) >= 11 is 0. The first-order valence-electron chi connectivity index (χ1n) is 9.22. The Hall–Kier alpha value is -1.71. The van der Waals surface area contributed by atoms with Crippen molar-refractivity contribution in [1.82, 2.24) is 0 Å². The maximum Gasteiger partial charge on any atom is 0.306 e. The fourth-order valence-corrected chi connectivity index (χ4v) is 6.06. The Morgan fingerprint density at radius 1 is 1.04 bits per heavy atom. The zero-order chi connectivity index (χ0) is 16.1. The summed E-state index contributed by atoms with van der Waals surface area (Å²) in [5.41, 5.74) is 1.21. The van der Waals surface area contributed by atoms with Gasteiger partial charge in [0, 0.05) is 0 Å². The molecule has 1 aliphatic heterocycles. The minimum Gasteiger partial charge on any atom is -0.461 e. The molecule has 4 heteroatoms. The summed E-state index contributed by atoms with van der Waals surface area (Å²) in [7, 11) is 0. The standard InChI is InChI=1S/C20H24O4/c21-19(22-11-13-1-2-17-18(6-13)24-12-23-17)10-20-7-14-3-15(8-20)5-16(4-14)9-20/h1-2,6,14-16H,3-5,7-12H2. The Balaban J connectivity index is 1.21. The van der Waals surface area contributed by atoms with Gasteiger partial charge in [-0.1, -0.05) is 6.07 Å². The van der Waals surface area contributed by atoms with Crippen LogP contribution in [0.2, 0.25) is 0 Å². The molecule has 6 rings (SSSR count). The first-order chi connectivity index (χ1) is 11.7. The maximum atomic E-state index is 12.5. The minimum absolute atomic E-state index is 0.0328. The van der Waals surface area contributed by atoms with E-state index in [1.165, 1.54) is 38.5 Å². The van der Waals surface area contributed by atoms with E-state index in [2.05, 4.69) is 0 Å². The molecule has 128 valence electrons. The van der Waals surface area contributed by atoms with Gasteiger partial charge in [-0.3, -0.25) is 4.79 Å². The van der Waals surface area contributed by atoms with Crippen LogP contribution in [0, 0.1) is 23.2 Å². The lowest BCUT2D eigenvalue weighted by molar-refractivity contribution is -0.153. The highest BCUT2D eigenvalue weighted by atomic mass is 16.7. The first kappa shape index (κ1) is 14.6. The second-order valence-electron chi connectivity index (χ2n) is 8.44. The summed E-state index contributed by atoms with van der Waals surface area (Å²) in [5, 5.41) is 0. The number of fused-ring (bicyclic) bond motifs is 1. The molecular formula is C20H24O4. The van der Waals surface area contributed by atoms with Crippen molar-refractivity contribution in [2.75, 3.05) is 6.79 Å². The lowest BCUT2D eigenvalue weighted by atomic mass is 9.49.